The third-order valence-electron chi connectivity index (χ3n) is 11.9. The summed E-state index contributed by atoms with van der Waals surface area (Å²) in [6.07, 6.45) is -6.06. The summed E-state index contributed by atoms with van der Waals surface area (Å²) < 4.78 is 81.4. The van der Waals surface area contributed by atoms with Crippen LogP contribution in [0.3, 0.4) is 0 Å². The zero-order valence-corrected chi connectivity index (χ0v) is 38.2. The molecule has 3 fully saturated rings. The van der Waals surface area contributed by atoms with Gasteiger partial charge in [0.1, 0.15) is 54.4 Å². The average Bonchev–Trinajstić information content (AvgIpc) is 3.86. The summed E-state index contributed by atoms with van der Waals surface area (Å²) in [5.41, 5.74) is 11.6. The minimum absolute atomic E-state index is 0.0333. The van der Waals surface area contributed by atoms with Gasteiger partial charge in [0.15, 0.2) is 40.3 Å². The van der Waals surface area contributed by atoms with Crippen molar-refractivity contribution in [2.45, 2.75) is 127 Å². The number of anilines is 2. The highest BCUT2D eigenvalue weighted by Gasteiger charge is 2.58. The van der Waals surface area contributed by atoms with Crippen molar-refractivity contribution >= 4 is 66.2 Å². The van der Waals surface area contributed by atoms with Crippen molar-refractivity contribution in [2.75, 3.05) is 24.7 Å². The number of aromatic amines is 1. The molecule has 0 saturated carbocycles. The molecular weight excluding hydrogens is 849 g/mol. The van der Waals surface area contributed by atoms with E-state index in [9.17, 15) is 23.7 Å². The van der Waals surface area contributed by atoms with Crippen LogP contribution in [0.2, 0.25) is 36.3 Å². The third-order valence-corrected chi connectivity index (χ3v) is 22.8. The maximum Gasteiger partial charge on any atom is 0.472 e. The van der Waals surface area contributed by atoms with Crippen LogP contribution in [0.25, 0.3) is 22.2 Å². The lowest BCUT2D eigenvalue weighted by Gasteiger charge is -2.41. The van der Waals surface area contributed by atoms with Crippen LogP contribution in [0.4, 0.5) is 11.8 Å². The van der Waals surface area contributed by atoms with Gasteiger partial charge in [-0.1, -0.05) is 41.5 Å². The quantitative estimate of drug-likeness (QED) is 0.133. The fourth-order valence-corrected chi connectivity index (χ4v) is 11.2. The van der Waals surface area contributed by atoms with Crippen LogP contribution in [0.1, 0.15) is 54.0 Å². The molecule has 3 aliphatic heterocycles. The summed E-state index contributed by atoms with van der Waals surface area (Å²) in [5, 5.41) is -0.230. The van der Waals surface area contributed by atoms with Crippen LogP contribution >= 0.6 is 15.6 Å². The molecule has 0 aromatic carbocycles. The van der Waals surface area contributed by atoms with Crippen LogP contribution in [0.15, 0.2) is 29.7 Å². The molecule has 326 valence electrons. The Kier molecular flexibility index (Phi) is 11.3. The largest absolute Gasteiger partial charge is 0.472 e. The fourth-order valence-electron chi connectivity index (χ4n) is 6.70. The van der Waals surface area contributed by atoms with E-state index in [-0.39, 0.29) is 28.0 Å². The van der Waals surface area contributed by atoms with E-state index >= 15 is 0 Å². The van der Waals surface area contributed by atoms with E-state index in [1.165, 1.54) is 17.2 Å². The van der Waals surface area contributed by atoms with Gasteiger partial charge in [0, 0.05) is 6.20 Å². The second-order valence-electron chi connectivity index (χ2n) is 18.0. The van der Waals surface area contributed by atoms with E-state index in [4.69, 9.17) is 47.9 Å². The van der Waals surface area contributed by atoms with E-state index in [2.05, 4.69) is 24.9 Å². The van der Waals surface area contributed by atoms with Gasteiger partial charge in [0.2, 0.25) is 5.95 Å². The van der Waals surface area contributed by atoms with E-state index in [1.54, 1.807) is 16.8 Å². The molecule has 7 heterocycles. The number of rotatable bonds is 6. The highest BCUT2D eigenvalue weighted by molar-refractivity contribution is 7.47. The smallest absolute Gasteiger partial charge is 0.408 e. The Morgan fingerprint density at radius 1 is 0.814 bits per heavy atom. The minimum atomic E-state index is -5.13. The second-order valence-corrected chi connectivity index (χ2v) is 30.3. The number of H-pyrrole nitrogens is 1. The number of nitrogen functional groups attached to an aromatic ring is 2. The monoisotopic (exact) mass is 901 g/mol. The van der Waals surface area contributed by atoms with Gasteiger partial charge >= 0.3 is 15.6 Å². The van der Waals surface area contributed by atoms with Crippen molar-refractivity contribution in [3.05, 3.63) is 35.3 Å². The number of imidazole rings is 1. The molecule has 59 heavy (non-hydrogen) atoms. The van der Waals surface area contributed by atoms with Gasteiger partial charge in [-0.05, 0) is 42.3 Å². The van der Waals surface area contributed by atoms with E-state index < -0.39 is 105 Å². The maximum absolute atomic E-state index is 14.2. The molecule has 0 spiro atoms. The van der Waals surface area contributed by atoms with Gasteiger partial charge in [-0.15, -0.1) is 0 Å². The van der Waals surface area contributed by atoms with Gasteiger partial charge in [0.25, 0.3) is 5.56 Å². The number of nitrogens with zero attached hydrogens (tertiary/aromatic N) is 6. The first kappa shape index (κ1) is 44.1. The van der Waals surface area contributed by atoms with Crippen molar-refractivity contribution in [1.82, 2.24) is 34.1 Å². The topological polar surface area (TPSA) is 295 Å². The lowest BCUT2D eigenvalue weighted by atomic mass is 10.1. The molecule has 22 nitrogen and oxygen atoms in total. The number of ether oxygens (including phenoxy) is 2. The maximum atomic E-state index is 14.2. The number of phosphoric ester groups is 2. The lowest BCUT2D eigenvalue weighted by Crippen LogP contribution is -2.50. The number of aromatic nitrogens is 7. The first-order valence-electron chi connectivity index (χ1n) is 19.0. The summed E-state index contributed by atoms with van der Waals surface area (Å²) in [5.74, 6) is -0.0162. The molecule has 0 aliphatic carbocycles. The highest BCUT2D eigenvalue weighted by atomic mass is 31.2. The first-order chi connectivity index (χ1) is 27.2. The second kappa shape index (κ2) is 15.2. The Morgan fingerprint density at radius 2 is 1.39 bits per heavy atom. The molecule has 2 bridgehead atoms. The van der Waals surface area contributed by atoms with Crippen LogP contribution in [0.5, 0.6) is 0 Å². The van der Waals surface area contributed by atoms with Crippen LogP contribution in [-0.2, 0) is 45.6 Å². The molecule has 3 aliphatic rings. The average molecular weight is 902 g/mol. The zero-order chi connectivity index (χ0) is 43.2. The molecule has 6 unspecified atom stereocenters. The Labute approximate surface area is 341 Å². The molecule has 10 atom stereocenters. The van der Waals surface area contributed by atoms with Gasteiger partial charge in [-0.2, -0.15) is 4.98 Å². The molecule has 7 rings (SSSR count). The number of nitrogens with one attached hydrogen (secondary N) is 1. The fraction of sp³-hybridized carbons (Fsp3) is 0.667. The van der Waals surface area contributed by atoms with E-state index in [0.717, 1.165) is 0 Å². The molecule has 4 aromatic heterocycles. The van der Waals surface area contributed by atoms with Crippen LogP contribution in [0, 0.1) is 0 Å². The van der Waals surface area contributed by atoms with E-state index in [0.29, 0.717) is 11.0 Å². The van der Waals surface area contributed by atoms with Crippen molar-refractivity contribution in [3.8, 4) is 0 Å². The molecular formula is C33H53N9O13P2Si2. The summed E-state index contributed by atoms with van der Waals surface area (Å²) in [7, 11) is -15.7. The standard InChI is InChI=1S/C33H53N9O13P2Si2/c1-32(2,3)58(7,8)54-22-19-14-49-56(44,45)52-21-18(13-48-57(46,47)53-23(22)29(51-19)42-16-38-20-27(42)39-31(35)40-28(20)43)50-30(24(21)55-59(9,10)33(4,5)6)41-12-11-17-25(34)36-15-37-26(17)41/h11-12,15-16,18-19,21-24,29-30H,13-14H2,1-10H3,(H,44,45)(H,46,47)(H2,34,36,37)(H3,35,39,40,43)/t18-,19-,21?,22?,23?,24?,29-,30-/m1/s1. The zero-order valence-electron chi connectivity index (χ0n) is 34.5. The van der Waals surface area contributed by atoms with Crippen LogP contribution in [-0.4, -0.2) is 110 Å². The normalized spacial score (nSPS) is 32.8. The predicted octanol–water partition coefficient (Wildman–Crippen LogP) is 4.32. The number of hydrogen-bond donors (Lipinski definition) is 5. The number of hydrogen-bond acceptors (Lipinski definition) is 17. The molecule has 0 radical (unpaired) electrons. The Bertz CT molecular complexity index is 2380. The minimum Gasteiger partial charge on any atom is -0.408 e. The predicted molar refractivity (Wildman–Crippen MR) is 218 cm³/mol. The van der Waals surface area contributed by atoms with Gasteiger partial charge < -0.3 is 44.1 Å². The Balaban J connectivity index is 1.31. The molecule has 26 heteroatoms. The Hall–Kier alpha value is -2.94. The van der Waals surface area contributed by atoms with E-state index in [1.807, 2.05) is 67.7 Å². The van der Waals surface area contributed by atoms with Crippen molar-refractivity contribution in [2.24, 2.45) is 0 Å². The Morgan fingerprint density at radius 3 is 2.02 bits per heavy atom. The van der Waals surface area contributed by atoms with Crippen molar-refractivity contribution in [1.29, 1.82) is 0 Å². The first-order valence-corrected chi connectivity index (χ1v) is 27.8. The van der Waals surface area contributed by atoms with Gasteiger partial charge in [-0.25, -0.2) is 24.1 Å². The highest BCUT2D eigenvalue weighted by Crippen LogP contribution is 2.56. The van der Waals surface area contributed by atoms with Crippen molar-refractivity contribution < 1.29 is 55.3 Å². The summed E-state index contributed by atoms with van der Waals surface area (Å²) in [6, 6.07) is 1.69. The van der Waals surface area contributed by atoms with Gasteiger partial charge in [-0.3, -0.25) is 32.4 Å². The summed E-state index contributed by atoms with van der Waals surface area (Å²) >= 11 is 0. The third kappa shape index (κ3) is 8.50. The van der Waals surface area contributed by atoms with Crippen molar-refractivity contribution in [3.63, 3.8) is 0 Å². The lowest BCUT2D eigenvalue weighted by molar-refractivity contribution is -0.0670. The number of fused-ring (bicyclic) bond motifs is 5. The summed E-state index contributed by atoms with van der Waals surface area (Å²) in [6.45, 7) is 18.6. The molecule has 7 N–H and O–H groups in total. The molecule has 3 saturated heterocycles. The summed E-state index contributed by atoms with van der Waals surface area (Å²) in [4.78, 5) is 55.1. The molecule has 0 amide bonds. The molecule has 4 aromatic rings. The number of phosphoric acid groups is 2. The number of nitrogens with two attached hydrogens (primary N) is 2. The van der Waals surface area contributed by atoms with Gasteiger partial charge in [0.05, 0.1) is 24.9 Å². The van der Waals surface area contributed by atoms with Crippen LogP contribution < -0.4 is 17.0 Å². The SMILES string of the molecule is CC(C)(C)[Si](C)(C)OC1C2OP(=O)(O)OC[C@H]3O[C@@H](n4cnc5c(=O)[nH]c(N)nc54)C(OP(=O)(O)OC[C@H]2O[C@H]1n1ccc2c(N)ncnc21)C3O[Si](C)(C)C(C)(C)C.